The SMILES string of the molecule is CCc1nccc(-c2c(-c3ccccc3)ncn2[C@H](C)Cc2cc(C)[nH]n2)n1. The summed E-state index contributed by atoms with van der Waals surface area (Å²) in [7, 11) is 0. The van der Waals surface area contributed by atoms with Gasteiger partial charge in [0.05, 0.1) is 29.1 Å². The van der Waals surface area contributed by atoms with Crippen LogP contribution in [-0.2, 0) is 12.8 Å². The van der Waals surface area contributed by atoms with E-state index in [0.717, 1.165) is 52.7 Å². The van der Waals surface area contributed by atoms with Crippen molar-refractivity contribution in [2.24, 2.45) is 0 Å². The highest BCUT2D eigenvalue weighted by Crippen LogP contribution is 2.32. The van der Waals surface area contributed by atoms with Gasteiger partial charge in [0.25, 0.3) is 0 Å². The van der Waals surface area contributed by atoms with Crippen LogP contribution in [0.25, 0.3) is 22.6 Å². The third kappa shape index (κ3) is 3.58. The summed E-state index contributed by atoms with van der Waals surface area (Å²) in [4.78, 5) is 13.9. The maximum atomic E-state index is 4.78. The molecule has 0 radical (unpaired) electrons. The summed E-state index contributed by atoms with van der Waals surface area (Å²) < 4.78 is 2.20. The van der Waals surface area contributed by atoms with Gasteiger partial charge in [0.15, 0.2) is 0 Å². The van der Waals surface area contributed by atoms with Crippen molar-refractivity contribution in [1.82, 2.24) is 29.7 Å². The maximum Gasteiger partial charge on any atom is 0.128 e. The van der Waals surface area contributed by atoms with Gasteiger partial charge in [0.2, 0.25) is 0 Å². The standard InChI is InChI=1S/C22H24N6/c1-4-20-23-11-10-19(25-20)22-21(17-8-6-5-7-9-17)24-14-28(22)16(3)13-18-12-15(2)26-27-18/h5-12,14,16H,4,13H2,1-3H3,(H,26,27)/t16-/m1/s1. The number of aromatic amines is 1. The van der Waals surface area contributed by atoms with E-state index >= 15 is 0 Å². The molecular formula is C22H24N6. The molecule has 0 fully saturated rings. The molecule has 0 bridgehead atoms. The average molecular weight is 372 g/mol. The first-order valence-electron chi connectivity index (χ1n) is 9.61. The summed E-state index contributed by atoms with van der Waals surface area (Å²) in [6.45, 7) is 6.27. The molecule has 0 unspecified atom stereocenters. The van der Waals surface area contributed by atoms with E-state index in [-0.39, 0.29) is 6.04 Å². The smallest absolute Gasteiger partial charge is 0.128 e. The fraction of sp³-hybridized carbons (Fsp3) is 0.273. The lowest BCUT2D eigenvalue weighted by Crippen LogP contribution is -2.10. The lowest BCUT2D eigenvalue weighted by molar-refractivity contribution is 0.541. The predicted molar refractivity (Wildman–Crippen MR) is 110 cm³/mol. The van der Waals surface area contributed by atoms with E-state index in [4.69, 9.17) is 9.97 Å². The van der Waals surface area contributed by atoms with Crippen molar-refractivity contribution in [2.75, 3.05) is 0 Å². The van der Waals surface area contributed by atoms with Crippen LogP contribution in [0.3, 0.4) is 0 Å². The van der Waals surface area contributed by atoms with E-state index in [1.165, 1.54) is 0 Å². The Morgan fingerprint density at radius 2 is 1.93 bits per heavy atom. The van der Waals surface area contributed by atoms with Gasteiger partial charge >= 0.3 is 0 Å². The predicted octanol–water partition coefficient (Wildman–Crippen LogP) is 4.40. The third-order valence-electron chi connectivity index (χ3n) is 4.84. The van der Waals surface area contributed by atoms with E-state index in [1.807, 2.05) is 43.7 Å². The van der Waals surface area contributed by atoms with Crippen LogP contribution in [0.5, 0.6) is 0 Å². The van der Waals surface area contributed by atoms with Crippen molar-refractivity contribution >= 4 is 0 Å². The van der Waals surface area contributed by atoms with Crippen molar-refractivity contribution in [1.29, 1.82) is 0 Å². The number of hydrogen-bond acceptors (Lipinski definition) is 4. The van der Waals surface area contributed by atoms with Crippen LogP contribution in [0.2, 0.25) is 0 Å². The number of H-pyrrole nitrogens is 1. The van der Waals surface area contributed by atoms with Crippen molar-refractivity contribution in [3.63, 3.8) is 0 Å². The van der Waals surface area contributed by atoms with E-state index in [1.54, 1.807) is 0 Å². The first kappa shape index (κ1) is 18.1. The Morgan fingerprint density at radius 1 is 1.11 bits per heavy atom. The molecule has 0 saturated heterocycles. The molecule has 28 heavy (non-hydrogen) atoms. The van der Waals surface area contributed by atoms with Gasteiger partial charge in [-0.2, -0.15) is 5.10 Å². The molecule has 3 heterocycles. The number of aromatic nitrogens is 6. The summed E-state index contributed by atoms with van der Waals surface area (Å²) in [5.74, 6) is 0.833. The summed E-state index contributed by atoms with van der Waals surface area (Å²) in [6.07, 6.45) is 5.35. The second kappa shape index (κ2) is 7.76. The summed E-state index contributed by atoms with van der Waals surface area (Å²) in [5.41, 5.74) is 6.04. The molecule has 0 aliphatic carbocycles. The molecule has 1 atom stereocenters. The zero-order chi connectivity index (χ0) is 19.5. The molecular weight excluding hydrogens is 348 g/mol. The van der Waals surface area contributed by atoms with Crippen LogP contribution < -0.4 is 0 Å². The minimum absolute atomic E-state index is 0.183. The molecule has 0 saturated carbocycles. The monoisotopic (exact) mass is 372 g/mol. The van der Waals surface area contributed by atoms with E-state index in [2.05, 4.69) is 51.8 Å². The number of imidazole rings is 1. The number of nitrogens with zero attached hydrogens (tertiary/aromatic N) is 5. The van der Waals surface area contributed by atoms with E-state index in [9.17, 15) is 0 Å². The highest BCUT2D eigenvalue weighted by atomic mass is 15.1. The zero-order valence-corrected chi connectivity index (χ0v) is 16.4. The molecule has 0 spiro atoms. The average Bonchev–Trinajstić information content (AvgIpc) is 3.35. The van der Waals surface area contributed by atoms with Gasteiger partial charge in [-0.15, -0.1) is 0 Å². The number of benzene rings is 1. The Kier molecular flexibility index (Phi) is 5.02. The number of nitrogens with one attached hydrogen (secondary N) is 1. The minimum atomic E-state index is 0.183. The molecule has 0 amide bonds. The molecule has 6 nitrogen and oxygen atoms in total. The van der Waals surface area contributed by atoms with Crippen LogP contribution in [0, 0.1) is 6.92 Å². The quantitative estimate of drug-likeness (QED) is 0.544. The molecule has 4 rings (SSSR count). The Bertz CT molecular complexity index is 1060. The van der Waals surface area contributed by atoms with E-state index < -0.39 is 0 Å². The molecule has 1 N–H and O–H groups in total. The highest BCUT2D eigenvalue weighted by Gasteiger charge is 2.20. The largest absolute Gasteiger partial charge is 0.326 e. The molecule has 0 aliphatic rings. The second-order valence-corrected chi connectivity index (χ2v) is 7.02. The van der Waals surface area contributed by atoms with Crippen LogP contribution in [0.1, 0.15) is 37.1 Å². The van der Waals surface area contributed by atoms with Gasteiger partial charge in [-0.05, 0) is 26.0 Å². The fourth-order valence-electron chi connectivity index (χ4n) is 3.44. The Balaban J connectivity index is 1.81. The van der Waals surface area contributed by atoms with Crippen LogP contribution in [0.15, 0.2) is 55.0 Å². The molecule has 0 aliphatic heterocycles. The van der Waals surface area contributed by atoms with Crippen LogP contribution in [-0.4, -0.2) is 29.7 Å². The fourth-order valence-corrected chi connectivity index (χ4v) is 3.44. The lowest BCUT2D eigenvalue weighted by Gasteiger charge is -2.17. The van der Waals surface area contributed by atoms with Gasteiger partial charge < -0.3 is 4.57 Å². The lowest BCUT2D eigenvalue weighted by atomic mass is 10.1. The highest BCUT2D eigenvalue weighted by molar-refractivity contribution is 5.76. The van der Waals surface area contributed by atoms with Crippen molar-refractivity contribution in [3.8, 4) is 22.6 Å². The number of hydrogen-bond donors (Lipinski definition) is 1. The van der Waals surface area contributed by atoms with Gasteiger partial charge in [0, 0.05) is 36.3 Å². The summed E-state index contributed by atoms with van der Waals surface area (Å²) in [5, 5.41) is 7.41. The summed E-state index contributed by atoms with van der Waals surface area (Å²) in [6, 6.07) is 14.5. The molecule has 4 aromatic rings. The van der Waals surface area contributed by atoms with Gasteiger partial charge in [-0.25, -0.2) is 15.0 Å². The van der Waals surface area contributed by atoms with Crippen LogP contribution >= 0.6 is 0 Å². The first-order valence-corrected chi connectivity index (χ1v) is 9.61. The van der Waals surface area contributed by atoms with E-state index in [0.29, 0.717) is 0 Å². The first-order chi connectivity index (χ1) is 13.7. The summed E-state index contributed by atoms with van der Waals surface area (Å²) >= 11 is 0. The Labute approximate surface area is 164 Å². The Morgan fingerprint density at radius 3 is 2.64 bits per heavy atom. The van der Waals surface area contributed by atoms with Crippen molar-refractivity contribution in [3.05, 3.63) is 72.2 Å². The van der Waals surface area contributed by atoms with Crippen molar-refractivity contribution in [2.45, 2.75) is 39.7 Å². The van der Waals surface area contributed by atoms with Gasteiger partial charge in [-0.1, -0.05) is 37.3 Å². The topological polar surface area (TPSA) is 72.3 Å². The molecule has 1 aromatic carbocycles. The minimum Gasteiger partial charge on any atom is -0.326 e. The van der Waals surface area contributed by atoms with Gasteiger partial charge in [-0.3, -0.25) is 5.10 Å². The normalized spacial score (nSPS) is 12.2. The molecule has 6 heteroatoms. The Hall–Kier alpha value is -3.28. The van der Waals surface area contributed by atoms with Crippen molar-refractivity contribution < 1.29 is 0 Å². The molecule has 142 valence electrons. The zero-order valence-electron chi connectivity index (χ0n) is 16.4. The second-order valence-electron chi connectivity index (χ2n) is 7.02. The van der Waals surface area contributed by atoms with Gasteiger partial charge in [0.1, 0.15) is 5.82 Å². The number of rotatable bonds is 6. The number of aryl methyl sites for hydroxylation is 2. The van der Waals surface area contributed by atoms with Crippen LogP contribution in [0.4, 0.5) is 0 Å². The maximum absolute atomic E-state index is 4.78. The molecule has 3 aromatic heterocycles. The third-order valence-corrected chi connectivity index (χ3v) is 4.84.